The standard InChI is InChI=1S/C19H18/c1-3-11-16(4-2)19(17-12-7-5-8-13-17)18-14-9-6-10-15-18/h3-15,19H,1-2H2/b16-11+. The third-order valence-electron chi connectivity index (χ3n) is 3.15. The van der Waals surface area contributed by atoms with Crippen LogP contribution < -0.4 is 0 Å². The van der Waals surface area contributed by atoms with E-state index in [4.69, 9.17) is 0 Å². The summed E-state index contributed by atoms with van der Waals surface area (Å²) in [5, 5.41) is 0. The van der Waals surface area contributed by atoms with E-state index in [9.17, 15) is 0 Å². The zero-order valence-electron chi connectivity index (χ0n) is 11.0. The largest absolute Gasteiger partial charge is 0.0991 e. The van der Waals surface area contributed by atoms with Crippen molar-refractivity contribution >= 4 is 0 Å². The van der Waals surface area contributed by atoms with Gasteiger partial charge in [-0.1, -0.05) is 92.0 Å². The van der Waals surface area contributed by atoms with Crippen molar-refractivity contribution in [2.24, 2.45) is 0 Å². The van der Waals surface area contributed by atoms with E-state index in [1.807, 2.05) is 30.4 Å². The fourth-order valence-corrected chi connectivity index (χ4v) is 2.29. The smallest absolute Gasteiger partial charge is 0.0339 e. The minimum Gasteiger partial charge on any atom is -0.0991 e. The van der Waals surface area contributed by atoms with E-state index >= 15 is 0 Å². The van der Waals surface area contributed by atoms with E-state index in [0.29, 0.717) is 0 Å². The van der Waals surface area contributed by atoms with Crippen molar-refractivity contribution in [2.45, 2.75) is 5.92 Å². The Hall–Kier alpha value is -2.34. The zero-order chi connectivity index (χ0) is 13.5. The summed E-state index contributed by atoms with van der Waals surface area (Å²) >= 11 is 0. The van der Waals surface area contributed by atoms with Crippen LogP contribution in [0.1, 0.15) is 17.0 Å². The van der Waals surface area contributed by atoms with Crippen LogP contribution in [0.25, 0.3) is 0 Å². The van der Waals surface area contributed by atoms with Crippen molar-refractivity contribution in [1.82, 2.24) is 0 Å². The van der Waals surface area contributed by atoms with Crippen LogP contribution in [-0.2, 0) is 0 Å². The van der Waals surface area contributed by atoms with Crippen molar-refractivity contribution in [2.75, 3.05) is 0 Å². The lowest BCUT2D eigenvalue weighted by Gasteiger charge is -2.19. The van der Waals surface area contributed by atoms with Gasteiger partial charge in [-0.25, -0.2) is 0 Å². The molecule has 0 fully saturated rings. The molecule has 0 amide bonds. The fraction of sp³-hybridized carbons (Fsp3) is 0.0526. The van der Waals surface area contributed by atoms with Gasteiger partial charge in [0.05, 0.1) is 0 Å². The first-order valence-corrected chi connectivity index (χ1v) is 6.41. The molecule has 2 aromatic rings. The van der Waals surface area contributed by atoms with E-state index in [0.717, 1.165) is 5.57 Å². The van der Waals surface area contributed by atoms with Crippen LogP contribution in [0.2, 0.25) is 0 Å². The molecule has 0 spiro atoms. The second-order valence-electron chi connectivity index (χ2n) is 4.36. The Bertz CT molecular complexity index is 522. The predicted molar refractivity (Wildman–Crippen MR) is 83.2 cm³/mol. The number of hydrogen-bond acceptors (Lipinski definition) is 0. The van der Waals surface area contributed by atoms with E-state index in [1.165, 1.54) is 11.1 Å². The van der Waals surface area contributed by atoms with E-state index < -0.39 is 0 Å². The van der Waals surface area contributed by atoms with Crippen LogP contribution in [-0.4, -0.2) is 0 Å². The molecule has 0 heteroatoms. The summed E-state index contributed by atoms with van der Waals surface area (Å²) in [7, 11) is 0. The quantitative estimate of drug-likeness (QED) is 0.642. The lowest BCUT2D eigenvalue weighted by atomic mass is 9.84. The van der Waals surface area contributed by atoms with Crippen molar-refractivity contribution in [1.29, 1.82) is 0 Å². The second-order valence-corrected chi connectivity index (χ2v) is 4.36. The van der Waals surface area contributed by atoms with E-state index in [-0.39, 0.29) is 5.92 Å². The molecule has 0 unspecified atom stereocenters. The summed E-state index contributed by atoms with van der Waals surface area (Å²) in [5.74, 6) is 0.206. The first-order valence-electron chi connectivity index (χ1n) is 6.41. The minimum absolute atomic E-state index is 0.206. The number of rotatable bonds is 5. The van der Waals surface area contributed by atoms with Gasteiger partial charge in [-0.3, -0.25) is 0 Å². The summed E-state index contributed by atoms with van der Waals surface area (Å²) in [6, 6.07) is 21.0. The van der Waals surface area contributed by atoms with Crippen molar-refractivity contribution in [3.63, 3.8) is 0 Å². The molecule has 0 saturated carbocycles. The van der Waals surface area contributed by atoms with Gasteiger partial charge >= 0.3 is 0 Å². The Morgan fingerprint density at radius 2 is 1.26 bits per heavy atom. The van der Waals surface area contributed by atoms with Gasteiger partial charge in [0, 0.05) is 5.92 Å². The molecule has 0 aliphatic carbocycles. The minimum atomic E-state index is 0.206. The highest BCUT2D eigenvalue weighted by Gasteiger charge is 2.16. The van der Waals surface area contributed by atoms with Crippen LogP contribution >= 0.6 is 0 Å². The molecule has 0 aliphatic rings. The molecule has 0 bridgehead atoms. The van der Waals surface area contributed by atoms with Gasteiger partial charge < -0.3 is 0 Å². The first-order chi connectivity index (χ1) is 9.36. The average Bonchev–Trinajstić information content (AvgIpc) is 2.49. The molecule has 0 nitrogen and oxygen atoms in total. The molecule has 0 heterocycles. The number of hydrogen-bond donors (Lipinski definition) is 0. The maximum Gasteiger partial charge on any atom is 0.0339 e. The molecule has 94 valence electrons. The Labute approximate surface area is 115 Å². The molecule has 0 atom stereocenters. The molecule has 19 heavy (non-hydrogen) atoms. The molecule has 2 rings (SSSR count). The van der Waals surface area contributed by atoms with Crippen LogP contribution in [0.4, 0.5) is 0 Å². The van der Waals surface area contributed by atoms with Crippen LogP contribution in [0.5, 0.6) is 0 Å². The van der Waals surface area contributed by atoms with Gasteiger partial charge in [-0.15, -0.1) is 0 Å². The summed E-state index contributed by atoms with van der Waals surface area (Å²) in [4.78, 5) is 0. The lowest BCUT2D eigenvalue weighted by molar-refractivity contribution is 0.978. The van der Waals surface area contributed by atoms with Gasteiger partial charge in [-0.2, -0.15) is 0 Å². The molecule has 0 aromatic heterocycles. The summed E-state index contributed by atoms with van der Waals surface area (Å²) in [6.07, 6.45) is 5.75. The Kier molecular flexibility index (Phi) is 4.52. The Morgan fingerprint density at radius 3 is 1.63 bits per heavy atom. The van der Waals surface area contributed by atoms with Crippen LogP contribution in [0.15, 0.2) is 97.6 Å². The molecule has 0 aliphatic heterocycles. The maximum absolute atomic E-state index is 3.94. The first kappa shape index (κ1) is 13.1. The zero-order valence-corrected chi connectivity index (χ0v) is 11.0. The lowest BCUT2D eigenvalue weighted by Crippen LogP contribution is -2.03. The number of allylic oxidation sites excluding steroid dienone is 4. The van der Waals surface area contributed by atoms with Crippen molar-refractivity contribution < 1.29 is 0 Å². The molecule has 0 radical (unpaired) electrons. The van der Waals surface area contributed by atoms with Gasteiger partial charge in [0.2, 0.25) is 0 Å². The van der Waals surface area contributed by atoms with Crippen LogP contribution in [0, 0.1) is 0 Å². The molecular formula is C19H18. The highest BCUT2D eigenvalue weighted by molar-refractivity contribution is 5.45. The van der Waals surface area contributed by atoms with E-state index in [2.05, 4.69) is 61.7 Å². The van der Waals surface area contributed by atoms with E-state index in [1.54, 1.807) is 0 Å². The Balaban J connectivity index is 2.54. The van der Waals surface area contributed by atoms with Gasteiger partial charge in [-0.05, 0) is 16.7 Å². The SMILES string of the molecule is C=C/C=C(\C=C)C(c1ccccc1)c1ccccc1. The summed E-state index contributed by atoms with van der Waals surface area (Å²) in [6.45, 7) is 7.73. The molecular weight excluding hydrogens is 228 g/mol. The summed E-state index contributed by atoms with van der Waals surface area (Å²) < 4.78 is 0. The molecule has 0 saturated heterocycles. The average molecular weight is 246 g/mol. The highest BCUT2D eigenvalue weighted by Crippen LogP contribution is 2.32. The van der Waals surface area contributed by atoms with Gasteiger partial charge in [0.15, 0.2) is 0 Å². The van der Waals surface area contributed by atoms with Crippen LogP contribution in [0.3, 0.4) is 0 Å². The van der Waals surface area contributed by atoms with Crippen molar-refractivity contribution in [3.05, 3.63) is 109 Å². The highest BCUT2D eigenvalue weighted by atomic mass is 14.2. The predicted octanol–water partition coefficient (Wildman–Crippen LogP) is 5.12. The fourth-order valence-electron chi connectivity index (χ4n) is 2.29. The summed E-state index contributed by atoms with van der Waals surface area (Å²) in [5.41, 5.74) is 3.69. The second kappa shape index (κ2) is 6.55. The molecule has 2 aromatic carbocycles. The topological polar surface area (TPSA) is 0 Å². The maximum atomic E-state index is 3.94. The number of benzene rings is 2. The van der Waals surface area contributed by atoms with Gasteiger partial charge in [0.1, 0.15) is 0 Å². The third-order valence-corrected chi connectivity index (χ3v) is 3.15. The monoisotopic (exact) mass is 246 g/mol. The normalized spacial score (nSPS) is 11.3. The Morgan fingerprint density at radius 1 is 0.789 bits per heavy atom. The van der Waals surface area contributed by atoms with Crippen molar-refractivity contribution in [3.8, 4) is 0 Å². The molecule has 0 N–H and O–H groups in total. The third kappa shape index (κ3) is 3.11. The van der Waals surface area contributed by atoms with Gasteiger partial charge in [0.25, 0.3) is 0 Å².